The molecule has 0 aliphatic carbocycles. The Morgan fingerprint density at radius 1 is 1.36 bits per heavy atom. The van der Waals surface area contributed by atoms with Crippen LogP contribution in [0.25, 0.3) is 0 Å². The number of hydrogen-bond acceptors (Lipinski definition) is 3. The number of hydrogen-bond donors (Lipinski definition) is 1. The van der Waals surface area contributed by atoms with Crippen LogP contribution in [-0.4, -0.2) is 0 Å². The highest BCUT2D eigenvalue weighted by molar-refractivity contribution is 9.10. The summed E-state index contributed by atoms with van der Waals surface area (Å²) in [5.41, 5.74) is 1.20. The fourth-order valence-electron chi connectivity index (χ4n) is 1.28. The van der Waals surface area contributed by atoms with E-state index in [0.717, 1.165) is 0 Å². The molecule has 0 aromatic carbocycles. The molecular formula is C10H10BrNS2. The summed E-state index contributed by atoms with van der Waals surface area (Å²) in [6.07, 6.45) is 0. The van der Waals surface area contributed by atoms with E-state index in [1.807, 2.05) is 0 Å². The van der Waals surface area contributed by atoms with Crippen LogP contribution in [0.2, 0.25) is 0 Å². The van der Waals surface area contributed by atoms with Crippen LogP contribution in [0.5, 0.6) is 0 Å². The molecule has 2 aromatic rings. The Morgan fingerprint density at radius 3 is 2.79 bits per heavy atom. The van der Waals surface area contributed by atoms with Crippen molar-refractivity contribution in [3.8, 4) is 0 Å². The van der Waals surface area contributed by atoms with Crippen LogP contribution < -0.4 is 5.32 Å². The second kappa shape index (κ2) is 4.47. The first-order valence-corrected chi connectivity index (χ1v) is 6.90. The van der Waals surface area contributed by atoms with Crippen molar-refractivity contribution in [2.24, 2.45) is 0 Å². The molecule has 1 unspecified atom stereocenters. The predicted octanol–water partition coefficient (Wildman–Crippen LogP) is 4.75. The van der Waals surface area contributed by atoms with Gasteiger partial charge in [-0.1, -0.05) is 0 Å². The van der Waals surface area contributed by atoms with Crippen LogP contribution in [0.1, 0.15) is 17.8 Å². The standard InChI is InChI=1S/C10H10BrNS2/c1-7(10-9(11)3-5-14-10)12-8-2-4-13-6-8/h2-7,12H,1H3. The fourth-order valence-corrected chi connectivity index (χ4v) is 3.60. The lowest BCUT2D eigenvalue weighted by atomic mass is 10.2. The van der Waals surface area contributed by atoms with Gasteiger partial charge in [0, 0.05) is 20.4 Å². The molecule has 1 N–H and O–H groups in total. The summed E-state index contributed by atoms with van der Waals surface area (Å²) < 4.78 is 1.19. The summed E-state index contributed by atoms with van der Waals surface area (Å²) in [7, 11) is 0. The van der Waals surface area contributed by atoms with Gasteiger partial charge in [-0.3, -0.25) is 0 Å². The van der Waals surface area contributed by atoms with Gasteiger partial charge in [0.25, 0.3) is 0 Å². The number of anilines is 1. The van der Waals surface area contributed by atoms with Gasteiger partial charge in [0.05, 0.1) is 6.04 Å². The van der Waals surface area contributed by atoms with Crippen molar-refractivity contribution in [2.45, 2.75) is 13.0 Å². The van der Waals surface area contributed by atoms with E-state index in [1.54, 1.807) is 22.7 Å². The predicted molar refractivity (Wildman–Crippen MR) is 68.4 cm³/mol. The fraction of sp³-hybridized carbons (Fsp3) is 0.200. The van der Waals surface area contributed by atoms with Gasteiger partial charge in [0.2, 0.25) is 0 Å². The van der Waals surface area contributed by atoms with Crippen molar-refractivity contribution in [3.05, 3.63) is 37.6 Å². The van der Waals surface area contributed by atoms with Crippen molar-refractivity contribution in [1.82, 2.24) is 0 Å². The van der Waals surface area contributed by atoms with Crippen molar-refractivity contribution < 1.29 is 0 Å². The van der Waals surface area contributed by atoms with E-state index < -0.39 is 0 Å². The molecule has 4 heteroatoms. The molecule has 2 rings (SSSR count). The van der Waals surface area contributed by atoms with Crippen LogP contribution in [0.3, 0.4) is 0 Å². The second-order valence-electron chi connectivity index (χ2n) is 3.01. The highest BCUT2D eigenvalue weighted by Gasteiger charge is 2.10. The van der Waals surface area contributed by atoms with Gasteiger partial charge in [-0.2, -0.15) is 11.3 Å². The lowest BCUT2D eigenvalue weighted by Crippen LogP contribution is -2.04. The Balaban J connectivity index is 2.10. The van der Waals surface area contributed by atoms with Gasteiger partial charge in [-0.15, -0.1) is 11.3 Å². The molecule has 1 nitrogen and oxygen atoms in total. The average Bonchev–Trinajstić information content (AvgIpc) is 2.75. The molecular weight excluding hydrogens is 278 g/mol. The number of thiophene rings is 2. The lowest BCUT2D eigenvalue weighted by Gasteiger charge is -2.12. The van der Waals surface area contributed by atoms with E-state index in [0.29, 0.717) is 6.04 Å². The van der Waals surface area contributed by atoms with Gasteiger partial charge in [0.15, 0.2) is 0 Å². The van der Waals surface area contributed by atoms with Crippen LogP contribution >= 0.6 is 38.6 Å². The topological polar surface area (TPSA) is 12.0 Å². The highest BCUT2D eigenvalue weighted by atomic mass is 79.9. The Bertz CT molecular complexity index is 394. The third kappa shape index (κ3) is 2.19. The third-order valence-electron chi connectivity index (χ3n) is 1.94. The quantitative estimate of drug-likeness (QED) is 0.859. The maximum atomic E-state index is 3.54. The zero-order valence-electron chi connectivity index (χ0n) is 7.66. The van der Waals surface area contributed by atoms with Gasteiger partial charge >= 0.3 is 0 Å². The van der Waals surface area contributed by atoms with Crippen molar-refractivity contribution in [3.63, 3.8) is 0 Å². The van der Waals surface area contributed by atoms with Gasteiger partial charge in [0.1, 0.15) is 0 Å². The lowest BCUT2D eigenvalue weighted by molar-refractivity contribution is 0.904. The summed E-state index contributed by atoms with van der Waals surface area (Å²) in [5, 5.41) is 9.76. The SMILES string of the molecule is CC(Nc1ccsc1)c1sccc1Br. The van der Waals surface area contributed by atoms with Crippen LogP contribution in [0, 0.1) is 0 Å². The van der Waals surface area contributed by atoms with E-state index >= 15 is 0 Å². The van der Waals surface area contributed by atoms with Crippen molar-refractivity contribution in [1.29, 1.82) is 0 Å². The maximum absolute atomic E-state index is 3.54. The van der Waals surface area contributed by atoms with Crippen molar-refractivity contribution >= 4 is 44.3 Å². The Hall–Kier alpha value is -0.320. The molecule has 0 saturated carbocycles. The monoisotopic (exact) mass is 287 g/mol. The molecule has 0 aliphatic rings. The van der Waals surface area contributed by atoms with Crippen LogP contribution in [0.15, 0.2) is 32.7 Å². The summed E-state index contributed by atoms with van der Waals surface area (Å²) in [6, 6.07) is 4.55. The highest BCUT2D eigenvalue weighted by Crippen LogP contribution is 2.31. The minimum atomic E-state index is 0.360. The number of rotatable bonds is 3. The van der Waals surface area contributed by atoms with E-state index in [2.05, 4.69) is 56.4 Å². The number of halogens is 1. The summed E-state index contributed by atoms with van der Waals surface area (Å²) in [5.74, 6) is 0. The molecule has 2 heterocycles. The minimum Gasteiger partial charge on any atom is -0.377 e. The Kier molecular flexibility index (Phi) is 3.26. The zero-order chi connectivity index (χ0) is 9.97. The zero-order valence-corrected chi connectivity index (χ0v) is 10.9. The Morgan fingerprint density at radius 2 is 2.21 bits per heavy atom. The summed E-state index contributed by atoms with van der Waals surface area (Å²) in [4.78, 5) is 1.34. The Labute approximate surface area is 99.9 Å². The average molecular weight is 288 g/mol. The van der Waals surface area contributed by atoms with Crippen LogP contribution in [-0.2, 0) is 0 Å². The molecule has 2 aromatic heterocycles. The molecule has 0 radical (unpaired) electrons. The molecule has 0 amide bonds. The van der Waals surface area contributed by atoms with Gasteiger partial charge in [-0.25, -0.2) is 0 Å². The van der Waals surface area contributed by atoms with E-state index in [4.69, 9.17) is 0 Å². The van der Waals surface area contributed by atoms with Crippen LogP contribution in [0.4, 0.5) is 5.69 Å². The first-order valence-electron chi connectivity index (χ1n) is 4.29. The number of nitrogens with one attached hydrogen (secondary N) is 1. The molecule has 74 valence electrons. The second-order valence-corrected chi connectivity index (χ2v) is 5.59. The molecule has 1 atom stereocenters. The van der Waals surface area contributed by atoms with Gasteiger partial charge in [-0.05, 0) is 45.7 Å². The smallest absolute Gasteiger partial charge is 0.0590 e. The van der Waals surface area contributed by atoms with E-state index in [9.17, 15) is 0 Å². The van der Waals surface area contributed by atoms with Gasteiger partial charge < -0.3 is 5.32 Å². The first-order chi connectivity index (χ1) is 6.77. The summed E-state index contributed by atoms with van der Waals surface area (Å²) in [6.45, 7) is 2.17. The third-order valence-corrected chi connectivity index (χ3v) is 4.68. The van der Waals surface area contributed by atoms with E-state index in [1.165, 1.54) is 15.0 Å². The minimum absolute atomic E-state index is 0.360. The molecule has 0 spiro atoms. The molecule has 0 saturated heterocycles. The summed E-state index contributed by atoms with van der Waals surface area (Å²) >= 11 is 7.03. The van der Waals surface area contributed by atoms with E-state index in [-0.39, 0.29) is 0 Å². The molecule has 0 fully saturated rings. The van der Waals surface area contributed by atoms with Crippen molar-refractivity contribution in [2.75, 3.05) is 5.32 Å². The maximum Gasteiger partial charge on any atom is 0.0590 e. The molecule has 14 heavy (non-hydrogen) atoms. The molecule has 0 bridgehead atoms. The normalized spacial score (nSPS) is 12.7. The molecule has 0 aliphatic heterocycles. The largest absolute Gasteiger partial charge is 0.377 e. The first kappa shape index (κ1) is 10.2.